The van der Waals surface area contributed by atoms with Crippen LogP contribution < -0.4 is 11.1 Å². The maximum Gasteiger partial charge on any atom is 0.224 e. The molecule has 1 heterocycles. The molecule has 0 radical (unpaired) electrons. The zero-order chi connectivity index (χ0) is 12.8. The number of hydrogen-bond acceptors (Lipinski definition) is 3. The van der Waals surface area contributed by atoms with Crippen LogP contribution in [0.15, 0.2) is 15.9 Å². The second kappa shape index (κ2) is 7.13. The molecule has 0 saturated heterocycles. The van der Waals surface area contributed by atoms with Crippen LogP contribution in [0, 0.1) is 11.8 Å². The molecule has 0 aliphatic heterocycles. The van der Waals surface area contributed by atoms with Gasteiger partial charge in [-0.15, -0.1) is 11.3 Å². The number of nitrogens with two attached hydrogens (primary N) is 1. The van der Waals surface area contributed by atoms with Gasteiger partial charge in [0.15, 0.2) is 0 Å². The third-order valence-corrected chi connectivity index (χ3v) is 4.10. The number of thiophene rings is 1. The highest BCUT2D eigenvalue weighted by atomic mass is 79.9. The molecule has 3 N–H and O–H groups in total. The van der Waals surface area contributed by atoms with E-state index < -0.39 is 0 Å². The molecule has 1 amide bonds. The van der Waals surface area contributed by atoms with Crippen molar-refractivity contribution in [1.82, 2.24) is 5.32 Å². The molecule has 3 nitrogen and oxygen atoms in total. The molecule has 1 aromatic heterocycles. The molecule has 1 unspecified atom stereocenters. The van der Waals surface area contributed by atoms with Gasteiger partial charge < -0.3 is 11.1 Å². The van der Waals surface area contributed by atoms with Gasteiger partial charge >= 0.3 is 0 Å². The topological polar surface area (TPSA) is 55.1 Å². The molecule has 0 saturated carbocycles. The van der Waals surface area contributed by atoms with Crippen molar-refractivity contribution in [1.29, 1.82) is 0 Å². The largest absolute Gasteiger partial charge is 0.351 e. The quantitative estimate of drug-likeness (QED) is 0.847. The number of carbonyl (C=O) groups is 1. The first-order chi connectivity index (χ1) is 8.02. The molecule has 0 spiro atoms. The lowest BCUT2D eigenvalue weighted by molar-refractivity contribution is -0.125. The maximum atomic E-state index is 11.9. The first-order valence-corrected chi connectivity index (χ1v) is 7.36. The third-order valence-electron chi connectivity index (χ3n) is 2.48. The highest BCUT2D eigenvalue weighted by Gasteiger charge is 2.17. The smallest absolute Gasteiger partial charge is 0.224 e. The maximum absolute atomic E-state index is 11.9. The number of amides is 1. The van der Waals surface area contributed by atoms with E-state index in [0.717, 1.165) is 15.1 Å². The normalized spacial score (nSPS) is 12.8. The van der Waals surface area contributed by atoms with Crippen molar-refractivity contribution in [3.63, 3.8) is 0 Å². The SMILES string of the molecule is CC(C)CC(CN)C(=O)NCc1ccc(Br)s1. The van der Waals surface area contributed by atoms with Gasteiger partial charge in [-0.25, -0.2) is 0 Å². The molecular formula is C12H19BrN2OS. The fourth-order valence-electron chi connectivity index (χ4n) is 1.64. The minimum atomic E-state index is -0.0709. The van der Waals surface area contributed by atoms with E-state index >= 15 is 0 Å². The summed E-state index contributed by atoms with van der Waals surface area (Å²) in [6, 6.07) is 4.00. The molecule has 0 aliphatic carbocycles. The Morgan fingerprint density at radius 1 is 1.53 bits per heavy atom. The van der Waals surface area contributed by atoms with E-state index in [1.807, 2.05) is 12.1 Å². The predicted octanol–water partition coefficient (Wildman–Crippen LogP) is 2.75. The molecular weight excluding hydrogens is 300 g/mol. The summed E-state index contributed by atoms with van der Waals surface area (Å²) in [4.78, 5) is 13.0. The number of hydrogen-bond donors (Lipinski definition) is 2. The van der Waals surface area contributed by atoms with Gasteiger partial charge in [0.1, 0.15) is 0 Å². The number of carbonyl (C=O) groups excluding carboxylic acids is 1. The van der Waals surface area contributed by atoms with Crippen molar-refractivity contribution in [2.75, 3.05) is 6.54 Å². The standard InChI is InChI=1S/C12H19BrN2OS/c1-8(2)5-9(6-14)12(16)15-7-10-3-4-11(13)17-10/h3-4,8-9H,5-7,14H2,1-2H3,(H,15,16). The van der Waals surface area contributed by atoms with E-state index in [4.69, 9.17) is 5.73 Å². The molecule has 0 fully saturated rings. The summed E-state index contributed by atoms with van der Waals surface area (Å²) in [7, 11) is 0. The fourth-order valence-corrected chi connectivity index (χ4v) is 3.07. The van der Waals surface area contributed by atoms with Crippen molar-refractivity contribution in [3.8, 4) is 0 Å². The molecule has 1 aromatic rings. The molecule has 0 aromatic carbocycles. The van der Waals surface area contributed by atoms with Gasteiger partial charge in [-0.05, 0) is 40.4 Å². The first kappa shape index (κ1) is 14.7. The Morgan fingerprint density at radius 3 is 2.71 bits per heavy atom. The van der Waals surface area contributed by atoms with E-state index in [2.05, 4.69) is 35.1 Å². The molecule has 0 aliphatic rings. The van der Waals surface area contributed by atoms with Crippen molar-refractivity contribution in [3.05, 3.63) is 20.8 Å². The van der Waals surface area contributed by atoms with Crippen molar-refractivity contribution >= 4 is 33.2 Å². The average Bonchev–Trinajstić information content (AvgIpc) is 2.68. The summed E-state index contributed by atoms with van der Waals surface area (Å²) in [6.07, 6.45) is 0.844. The lowest BCUT2D eigenvalue weighted by atomic mass is 9.96. The Morgan fingerprint density at radius 2 is 2.24 bits per heavy atom. The van der Waals surface area contributed by atoms with Crippen molar-refractivity contribution in [2.24, 2.45) is 17.6 Å². The second-order valence-electron chi connectivity index (χ2n) is 4.49. The summed E-state index contributed by atoms with van der Waals surface area (Å²) >= 11 is 5.03. The Labute approximate surface area is 115 Å². The summed E-state index contributed by atoms with van der Waals surface area (Å²) in [5.74, 6) is 0.481. The van der Waals surface area contributed by atoms with Gasteiger partial charge in [0.25, 0.3) is 0 Å². The van der Waals surface area contributed by atoms with Crippen LogP contribution in [-0.2, 0) is 11.3 Å². The first-order valence-electron chi connectivity index (χ1n) is 5.75. The Kier molecular flexibility index (Phi) is 6.16. The van der Waals surface area contributed by atoms with Crippen LogP contribution in [0.5, 0.6) is 0 Å². The van der Waals surface area contributed by atoms with Crippen LogP contribution in [0.2, 0.25) is 0 Å². The highest BCUT2D eigenvalue weighted by molar-refractivity contribution is 9.11. The fraction of sp³-hybridized carbons (Fsp3) is 0.583. The van der Waals surface area contributed by atoms with Gasteiger partial charge in [0.05, 0.1) is 16.2 Å². The van der Waals surface area contributed by atoms with E-state index in [0.29, 0.717) is 19.0 Å². The van der Waals surface area contributed by atoms with E-state index in [1.165, 1.54) is 0 Å². The zero-order valence-electron chi connectivity index (χ0n) is 10.2. The molecule has 0 bridgehead atoms. The number of nitrogens with one attached hydrogen (secondary N) is 1. The van der Waals surface area contributed by atoms with Gasteiger partial charge in [-0.3, -0.25) is 4.79 Å². The lowest BCUT2D eigenvalue weighted by Crippen LogP contribution is -2.35. The Balaban J connectivity index is 2.42. The Hall–Kier alpha value is -0.390. The van der Waals surface area contributed by atoms with Crippen LogP contribution in [0.25, 0.3) is 0 Å². The summed E-state index contributed by atoms with van der Waals surface area (Å²) < 4.78 is 1.08. The van der Waals surface area contributed by atoms with Crippen LogP contribution in [0.4, 0.5) is 0 Å². The molecule has 96 valence electrons. The van der Waals surface area contributed by atoms with Gasteiger partial charge in [-0.1, -0.05) is 13.8 Å². The van der Waals surface area contributed by atoms with Gasteiger partial charge in [0.2, 0.25) is 5.91 Å². The molecule has 1 rings (SSSR count). The lowest BCUT2D eigenvalue weighted by Gasteiger charge is -2.16. The minimum absolute atomic E-state index is 0.0609. The summed E-state index contributed by atoms with van der Waals surface area (Å²) in [5, 5.41) is 2.94. The summed E-state index contributed by atoms with van der Waals surface area (Å²) in [6.45, 7) is 5.21. The van der Waals surface area contributed by atoms with Crippen LogP contribution in [0.3, 0.4) is 0 Å². The highest BCUT2D eigenvalue weighted by Crippen LogP contribution is 2.22. The Bertz CT molecular complexity index is 365. The molecule has 5 heteroatoms. The third kappa shape index (κ3) is 5.19. The van der Waals surface area contributed by atoms with E-state index in [9.17, 15) is 4.79 Å². The van der Waals surface area contributed by atoms with Crippen LogP contribution >= 0.6 is 27.3 Å². The van der Waals surface area contributed by atoms with Gasteiger partial charge in [0, 0.05) is 11.4 Å². The zero-order valence-corrected chi connectivity index (χ0v) is 12.6. The number of halogens is 1. The summed E-state index contributed by atoms with van der Waals surface area (Å²) in [5.41, 5.74) is 5.63. The van der Waals surface area contributed by atoms with Crippen LogP contribution in [0.1, 0.15) is 25.1 Å². The average molecular weight is 319 g/mol. The molecule has 17 heavy (non-hydrogen) atoms. The van der Waals surface area contributed by atoms with Gasteiger partial charge in [-0.2, -0.15) is 0 Å². The van der Waals surface area contributed by atoms with Crippen molar-refractivity contribution < 1.29 is 4.79 Å². The minimum Gasteiger partial charge on any atom is -0.351 e. The van der Waals surface area contributed by atoms with Crippen molar-refractivity contribution in [2.45, 2.75) is 26.8 Å². The van der Waals surface area contributed by atoms with Crippen LogP contribution in [-0.4, -0.2) is 12.5 Å². The number of rotatable bonds is 6. The predicted molar refractivity (Wildman–Crippen MR) is 75.9 cm³/mol. The second-order valence-corrected chi connectivity index (χ2v) is 7.03. The molecule has 1 atom stereocenters. The monoisotopic (exact) mass is 318 g/mol. The van der Waals surface area contributed by atoms with E-state index in [-0.39, 0.29) is 11.8 Å². The van der Waals surface area contributed by atoms with E-state index in [1.54, 1.807) is 11.3 Å².